The third kappa shape index (κ3) is 3.40. The van der Waals surface area contributed by atoms with Crippen molar-refractivity contribution in [2.24, 2.45) is 11.1 Å². The molecular formula is C17H27NO2. The summed E-state index contributed by atoms with van der Waals surface area (Å²) in [6.45, 7) is 1.17. The number of hydrogen-bond donors (Lipinski definition) is 2. The fourth-order valence-electron chi connectivity index (χ4n) is 3.34. The molecule has 0 radical (unpaired) electrons. The van der Waals surface area contributed by atoms with Gasteiger partial charge >= 0.3 is 0 Å². The van der Waals surface area contributed by atoms with E-state index < -0.39 is 6.10 Å². The van der Waals surface area contributed by atoms with Crippen LogP contribution in [-0.2, 0) is 11.3 Å². The summed E-state index contributed by atoms with van der Waals surface area (Å²) in [5.41, 5.74) is 8.02. The van der Waals surface area contributed by atoms with Gasteiger partial charge in [0.05, 0.1) is 12.7 Å². The van der Waals surface area contributed by atoms with Crippen molar-refractivity contribution in [3.05, 3.63) is 35.4 Å². The zero-order chi connectivity index (χ0) is 14.4. The molecule has 1 fully saturated rings. The lowest BCUT2D eigenvalue weighted by Crippen LogP contribution is -2.36. The van der Waals surface area contributed by atoms with Crippen molar-refractivity contribution in [1.82, 2.24) is 0 Å². The highest BCUT2D eigenvalue weighted by atomic mass is 16.5. The van der Waals surface area contributed by atoms with Gasteiger partial charge < -0.3 is 15.6 Å². The molecule has 1 atom stereocenters. The second kappa shape index (κ2) is 7.21. The van der Waals surface area contributed by atoms with Crippen molar-refractivity contribution in [1.29, 1.82) is 0 Å². The second-order valence-corrected chi connectivity index (χ2v) is 6.06. The number of ether oxygens (including phenoxy) is 1. The highest BCUT2D eigenvalue weighted by Gasteiger charge is 2.37. The molecule has 0 aliphatic heterocycles. The van der Waals surface area contributed by atoms with Crippen molar-refractivity contribution >= 4 is 0 Å². The lowest BCUT2D eigenvalue weighted by molar-refractivity contribution is 0.0166. The Morgan fingerprint density at radius 2 is 1.75 bits per heavy atom. The second-order valence-electron chi connectivity index (χ2n) is 6.06. The van der Waals surface area contributed by atoms with Gasteiger partial charge in [0.15, 0.2) is 0 Å². The van der Waals surface area contributed by atoms with Crippen LogP contribution < -0.4 is 5.73 Å². The van der Waals surface area contributed by atoms with Gasteiger partial charge in [-0.15, -0.1) is 0 Å². The molecule has 0 bridgehead atoms. The van der Waals surface area contributed by atoms with Gasteiger partial charge in [0.1, 0.15) is 0 Å². The fourth-order valence-corrected chi connectivity index (χ4v) is 3.34. The minimum absolute atomic E-state index is 0.140. The van der Waals surface area contributed by atoms with Gasteiger partial charge in [-0.3, -0.25) is 0 Å². The fraction of sp³-hybridized carbons (Fsp3) is 0.647. The van der Waals surface area contributed by atoms with Crippen molar-refractivity contribution in [2.45, 2.75) is 51.2 Å². The zero-order valence-electron chi connectivity index (χ0n) is 12.5. The number of rotatable bonds is 5. The predicted molar refractivity (Wildman–Crippen MR) is 81.3 cm³/mol. The summed E-state index contributed by atoms with van der Waals surface area (Å²) in [5, 5.41) is 10.8. The average Bonchev–Trinajstić information content (AvgIpc) is 2.74. The number of aliphatic hydroxyl groups excluding tert-OH is 1. The van der Waals surface area contributed by atoms with Crippen LogP contribution in [0.3, 0.4) is 0 Å². The molecule has 1 unspecified atom stereocenters. The van der Waals surface area contributed by atoms with Gasteiger partial charge in [0.25, 0.3) is 0 Å². The molecule has 3 nitrogen and oxygen atoms in total. The summed E-state index contributed by atoms with van der Waals surface area (Å²) in [7, 11) is 1.69. The minimum Gasteiger partial charge on any atom is -0.388 e. The maximum atomic E-state index is 10.8. The first-order chi connectivity index (χ1) is 9.72. The van der Waals surface area contributed by atoms with Gasteiger partial charge in [0.2, 0.25) is 0 Å². The number of methoxy groups -OCH3 is 1. The molecule has 3 N–H and O–H groups in total. The lowest BCUT2D eigenvalue weighted by Gasteiger charge is -2.36. The van der Waals surface area contributed by atoms with E-state index in [-0.39, 0.29) is 5.41 Å². The lowest BCUT2D eigenvalue weighted by atomic mass is 9.73. The summed E-state index contributed by atoms with van der Waals surface area (Å²) in [5.74, 6) is 0. The average molecular weight is 277 g/mol. The van der Waals surface area contributed by atoms with Gasteiger partial charge in [-0.1, -0.05) is 49.9 Å². The molecule has 20 heavy (non-hydrogen) atoms. The Labute approximate surface area is 122 Å². The van der Waals surface area contributed by atoms with Gasteiger partial charge in [-0.25, -0.2) is 0 Å². The Hall–Kier alpha value is -0.900. The Morgan fingerprint density at radius 3 is 2.25 bits per heavy atom. The molecule has 112 valence electrons. The number of nitrogens with two attached hydrogens (primary N) is 1. The third-order valence-electron chi connectivity index (χ3n) is 4.69. The van der Waals surface area contributed by atoms with E-state index >= 15 is 0 Å². The van der Waals surface area contributed by atoms with E-state index in [1.807, 2.05) is 24.3 Å². The molecule has 0 aromatic heterocycles. The monoisotopic (exact) mass is 277 g/mol. The summed E-state index contributed by atoms with van der Waals surface area (Å²) in [6, 6.07) is 8.09. The summed E-state index contributed by atoms with van der Waals surface area (Å²) in [6.07, 6.45) is 6.49. The van der Waals surface area contributed by atoms with Crippen LogP contribution in [0.2, 0.25) is 0 Å². The molecule has 0 saturated heterocycles. The van der Waals surface area contributed by atoms with Crippen LogP contribution in [0.15, 0.2) is 24.3 Å². The molecular weight excluding hydrogens is 250 g/mol. The molecule has 0 amide bonds. The van der Waals surface area contributed by atoms with Gasteiger partial charge in [0, 0.05) is 19.1 Å². The summed E-state index contributed by atoms with van der Waals surface area (Å²) in [4.78, 5) is 0. The van der Waals surface area contributed by atoms with Crippen LogP contribution >= 0.6 is 0 Å². The van der Waals surface area contributed by atoms with Crippen molar-refractivity contribution in [3.8, 4) is 0 Å². The maximum absolute atomic E-state index is 10.8. The molecule has 3 heteroatoms. The molecule has 0 spiro atoms. The van der Waals surface area contributed by atoms with Crippen molar-refractivity contribution in [3.63, 3.8) is 0 Å². The van der Waals surface area contributed by atoms with E-state index in [0.717, 1.165) is 24.0 Å². The van der Waals surface area contributed by atoms with E-state index in [0.29, 0.717) is 13.2 Å². The van der Waals surface area contributed by atoms with Crippen molar-refractivity contribution in [2.75, 3.05) is 13.7 Å². The first-order valence-electron chi connectivity index (χ1n) is 7.68. The van der Waals surface area contributed by atoms with E-state index in [9.17, 15) is 5.11 Å². The van der Waals surface area contributed by atoms with E-state index in [1.165, 1.54) is 25.7 Å². The van der Waals surface area contributed by atoms with Crippen LogP contribution in [0.4, 0.5) is 0 Å². The Kier molecular flexibility index (Phi) is 5.58. The molecule has 0 heterocycles. The van der Waals surface area contributed by atoms with Crippen LogP contribution in [0.5, 0.6) is 0 Å². The van der Waals surface area contributed by atoms with Crippen LogP contribution in [-0.4, -0.2) is 18.8 Å². The van der Waals surface area contributed by atoms with Crippen molar-refractivity contribution < 1.29 is 9.84 Å². The third-order valence-corrected chi connectivity index (χ3v) is 4.69. The highest BCUT2D eigenvalue weighted by molar-refractivity contribution is 5.25. The van der Waals surface area contributed by atoms with Crippen LogP contribution in [0.1, 0.15) is 55.8 Å². The number of benzene rings is 1. The summed E-state index contributed by atoms with van der Waals surface area (Å²) < 4.78 is 5.12. The Balaban J connectivity index is 2.16. The summed E-state index contributed by atoms with van der Waals surface area (Å²) >= 11 is 0. The molecule has 2 rings (SSSR count). The maximum Gasteiger partial charge on any atom is 0.0858 e. The molecule has 1 aromatic rings. The highest BCUT2D eigenvalue weighted by Crippen LogP contribution is 2.44. The largest absolute Gasteiger partial charge is 0.388 e. The number of aliphatic hydroxyl groups is 1. The van der Waals surface area contributed by atoms with E-state index in [4.69, 9.17) is 10.5 Å². The normalized spacial score (nSPS) is 20.4. The SMILES string of the molecule is COCc1ccc(C(O)C2(CN)CCCCCC2)cc1. The first-order valence-corrected chi connectivity index (χ1v) is 7.68. The predicted octanol–water partition coefficient (Wildman–Crippen LogP) is 3.17. The quantitative estimate of drug-likeness (QED) is 0.813. The van der Waals surface area contributed by atoms with Crippen LogP contribution in [0, 0.1) is 5.41 Å². The molecule has 1 aliphatic carbocycles. The first kappa shape index (κ1) is 15.5. The number of hydrogen-bond acceptors (Lipinski definition) is 3. The standard InChI is InChI=1S/C17H27NO2/c1-20-12-14-6-8-15(9-7-14)16(19)17(13-18)10-4-2-3-5-11-17/h6-9,16,19H,2-5,10-13,18H2,1H3. The van der Waals surface area contributed by atoms with E-state index in [2.05, 4.69) is 0 Å². The molecule has 1 aliphatic rings. The molecule has 1 aromatic carbocycles. The van der Waals surface area contributed by atoms with Gasteiger partial charge in [-0.05, 0) is 24.0 Å². The van der Waals surface area contributed by atoms with E-state index in [1.54, 1.807) is 7.11 Å². The topological polar surface area (TPSA) is 55.5 Å². The molecule has 1 saturated carbocycles. The zero-order valence-corrected chi connectivity index (χ0v) is 12.5. The Morgan fingerprint density at radius 1 is 1.15 bits per heavy atom. The van der Waals surface area contributed by atoms with Gasteiger partial charge in [-0.2, -0.15) is 0 Å². The Bertz CT molecular complexity index is 394. The minimum atomic E-state index is -0.456. The smallest absolute Gasteiger partial charge is 0.0858 e. The van der Waals surface area contributed by atoms with Crippen LogP contribution in [0.25, 0.3) is 0 Å².